The second kappa shape index (κ2) is 7.23. The molecule has 0 aliphatic carbocycles. The molecule has 2 aromatic rings. The van der Waals surface area contributed by atoms with E-state index in [-0.39, 0.29) is 0 Å². The molecule has 3 rings (SSSR count). The second-order valence-corrected chi connectivity index (χ2v) is 6.12. The zero-order valence-corrected chi connectivity index (χ0v) is 13.9. The number of nitrogens with zero attached hydrogens (tertiary/aromatic N) is 1. The Morgan fingerprint density at radius 3 is 3.08 bits per heavy atom. The van der Waals surface area contributed by atoms with Crippen LogP contribution >= 0.6 is 0 Å². The van der Waals surface area contributed by atoms with Crippen LogP contribution < -0.4 is 11.1 Å². The fraction of sp³-hybridized carbons (Fsp3) is 0.300. The highest BCUT2D eigenvalue weighted by molar-refractivity contribution is 5.92. The first-order chi connectivity index (χ1) is 11.7. The highest BCUT2D eigenvalue weighted by atomic mass is 14.9. The lowest BCUT2D eigenvalue weighted by Gasteiger charge is -2.17. The number of piperidine rings is 1. The van der Waals surface area contributed by atoms with Gasteiger partial charge in [-0.25, -0.2) is 4.98 Å². The summed E-state index contributed by atoms with van der Waals surface area (Å²) in [6.45, 7) is 7.59. The molecule has 2 aromatic heterocycles. The molecule has 0 saturated carbocycles. The number of H-pyrrole nitrogens is 1. The number of rotatable bonds is 2. The molecule has 0 radical (unpaired) electrons. The predicted octanol–water partition coefficient (Wildman–Crippen LogP) is 3.03. The van der Waals surface area contributed by atoms with Crippen molar-refractivity contribution in [2.45, 2.75) is 19.8 Å². The maximum Gasteiger partial charge on any atom is 0.138 e. The molecule has 0 amide bonds. The van der Waals surface area contributed by atoms with Crippen molar-refractivity contribution in [2.75, 3.05) is 13.1 Å². The Bertz CT molecular complexity index is 875. The highest BCUT2D eigenvalue weighted by Gasteiger charge is 2.11. The van der Waals surface area contributed by atoms with Crippen LogP contribution in [0.3, 0.4) is 0 Å². The van der Waals surface area contributed by atoms with E-state index < -0.39 is 0 Å². The van der Waals surface area contributed by atoms with E-state index in [1.165, 1.54) is 6.42 Å². The van der Waals surface area contributed by atoms with Gasteiger partial charge in [0.25, 0.3) is 0 Å². The Hall–Kier alpha value is -2.73. The average Bonchev–Trinajstić information content (AvgIpc) is 2.91. The van der Waals surface area contributed by atoms with Gasteiger partial charge in [0, 0.05) is 46.9 Å². The van der Waals surface area contributed by atoms with Gasteiger partial charge < -0.3 is 16.0 Å². The number of allylic oxidation sites excluding steroid dienone is 1. The third-order valence-electron chi connectivity index (χ3n) is 4.06. The fourth-order valence-electron chi connectivity index (χ4n) is 2.94. The Morgan fingerprint density at radius 2 is 2.38 bits per heavy atom. The van der Waals surface area contributed by atoms with Gasteiger partial charge >= 0.3 is 0 Å². The van der Waals surface area contributed by atoms with Crippen LogP contribution in [0.15, 0.2) is 30.3 Å². The molecule has 0 spiro atoms. The van der Waals surface area contributed by atoms with Gasteiger partial charge in [0.2, 0.25) is 0 Å². The molecular formula is C20H22N4. The summed E-state index contributed by atoms with van der Waals surface area (Å²) in [5.74, 6) is 7.06. The molecule has 4 heteroatoms. The molecule has 4 nitrogen and oxygen atoms in total. The fourth-order valence-corrected chi connectivity index (χ4v) is 2.94. The van der Waals surface area contributed by atoms with Crippen LogP contribution in [0, 0.1) is 17.8 Å². The highest BCUT2D eigenvalue weighted by Crippen LogP contribution is 2.25. The molecular weight excluding hydrogens is 296 g/mol. The second-order valence-electron chi connectivity index (χ2n) is 6.12. The van der Waals surface area contributed by atoms with Gasteiger partial charge in [-0.15, -0.1) is 5.73 Å². The molecule has 1 unspecified atom stereocenters. The average molecular weight is 318 g/mol. The largest absolute Gasteiger partial charge is 0.402 e. The van der Waals surface area contributed by atoms with Crippen LogP contribution in [0.1, 0.15) is 36.6 Å². The number of aromatic amines is 1. The predicted molar refractivity (Wildman–Crippen MR) is 100 cm³/mol. The van der Waals surface area contributed by atoms with Gasteiger partial charge in [-0.2, -0.15) is 0 Å². The molecule has 0 bridgehead atoms. The lowest BCUT2D eigenvalue weighted by Crippen LogP contribution is -2.28. The first kappa shape index (κ1) is 16.1. The lowest BCUT2D eigenvalue weighted by atomic mass is 10.00. The van der Waals surface area contributed by atoms with Crippen LogP contribution in [0.4, 0.5) is 0 Å². The Labute approximate surface area is 142 Å². The molecule has 1 aliphatic heterocycles. The third-order valence-corrected chi connectivity index (χ3v) is 4.06. The number of aromatic nitrogens is 2. The standard InChI is InChI=1S/C20H22N4/c1-3-5-19-17(10-14(2)21)18-11-16(13-23-20(18)24-19)8-7-15-6-4-9-22-12-15/h5,10-11,13,15,22H,1,4,6,9,12,21H2,2H3,(H,23,24)/b14-10+. The summed E-state index contributed by atoms with van der Waals surface area (Å²) in [5, 5.41) is 4.40. The summed E-state index contributed by atoms with van der Waals surface area (Å²) in [6.07, 6.45) is 7.90. The van der Waals surface area contributed by atoms with Crippen molar-refractivity contribution in [3.05, 3.63) is 47.1 Å². The Balaban J connectivity index is 2.01. The summed E-state index contributed by atoms with van der Waals surface area (Å²) in [4.78, 5) is 7.78. The summed E-state index contributed by atoms with van der Waals surface area (Å²) < 4.78 is 0. The number of hydrogen-bond donors (Lipinski definition) is 3. The molecule has 1 fully saturated rings. The first-order valence-corrected chi connectivity index (χ1v) is 8.21. The summed E-state index contributed by atoms with van der Waals surface area (Å²) >= 11 is 0. The van der Waals surface area contributed by atoms with E-state index in [9.17, 15) is 0 Å². The summed E-state index contributed by atoms with van der Waals surface area (Å²) in [7, 11) is 0. The molecule has 4 N–H and O–H groups in total. The maximum absolute atomic E-state index is 5.88. The molecule has 1 aliphatic rings. The van der Waals surface area contributed by atoms with Gasteiger partial charge in [-0.05, 0) is 38.5 Å². The van der Waals surface area contributed by atoms with Gasteiger partial charge in [0.05, 0.1) is 5.69 Å². The summed E-state index contributed by atoms with van der Waals surface area (Å²) in [5.41, 5.74) is 13.0. The van der Waals surface area contributed by atoms with Crippen LogP contribution in [-0.4, -0.2) is 23.1 Å². The smallest absolute Gasteiger partial charge is 0.138 e. The first-order valence-electron chi connectivity index (χ1n) is 8.21. The Morgan fingerprint density at radius 1 is 1.50 bits per heavy atom. The lowest BCUT2D eigenvalue weighted by molar-refractivity contribution is 0.449. The van der Waals surface area contributed by atoms with Crippen molar-refractivity contribution in [3.8, 4) is 11.8 Å². The number of hydrogen-bond acceptors (Lipinski definition) is 3. The third kappa shape index (κ3) is 3.60. The van der Waals surface area contributed by atoms with E-state index in [2.05, 4.69) is 45.5 Å². The number of nitrogens with two attached hydrogens (primary N) is 1. The van der Waals surface area contributed by atoms with Crippen molar-refractivity contribution in [1.82, 2.24) is 15.3 Å². The van der Waals surface area contributed by atoms with Crippen molar-refractivity contribution >= 4 is 23.2 Å². The molecule has 24 heavy (non-hydrogen) atoms. The van der Waals surface area contributed by atoms with E-state index in [1.807, 2.05) is 19.2 Å². The van der Waals surface area contributed by atoms with Crippen LogP contribution in [0.5, 0.6) is 0 Å². The molecule has 3 heterocycles. The monoisotopic (exact) mass is 318 g/mol. The number of nitrogens with one attached hydrogen (secondary N) is 2. The SMILES string of the molecule is C=C=Cc1[nH]c2ncc(C#CC3CCCNC3)cc2c1/C=C(\C)N. The van der Waals surface area contributed by atoms with E-state index in [4.69, 9.17) is 5.73 Å². The normalized spacial score (nSPS) is 17.9. The molecule has 0 aromatic carbocycles. The summed E-state index contributed by atoms with van der Waals surface area (Å²) in [6, 6.07) is 2.07. The maximum atomic E-state index is 5.88. The topological polar surface area (TPSA) is 66.7 Å². The van der Waals surface area contributed by atoms with E-state index in [0.29, 0.717) is 5.92 Å². The van der Waals surface area contributed by atoms with E-state index in [0.717, 1.165) is 53.1 Å². The zero-order chi connectivity index (χ0) is 16.9. The van der Waals surface area contributed by atoms with Gasteiger partial charge in [0.1, 0.15) is 5.65 Å². The Kier molecular flexibility index (Phi) is 4.86. The van der Waals surface area contributed by atoms with E-state index in [1.54, 1.807) is 6.08 Å². The zero-order valence-electron chi connectivity index (χ0n) is 13.9. The van der Waals surface area contributed by atoms with Crippen LogP contribution in [0.25, 0.3) is 23.2 Å². The molecule has 1 saturated heterocycles. The minimum absolute atomic E-state index is 0.422. The minimum Gasteiger partial charge on any atom is -0.402 e. The van der Waals surface area contributed by atoms with Gasteiger partial charge in [-0.1, -0.05) is 18.4 Å². The van der Waals surface area contributed by atoms with Crippen molar-refractivity contribution < 1.29 is 0 Å². The van der Waals surface area contributed by atoms with Crippen molar-refractivity contribution in [3.63, 3.8) is 0 Å². The number of pyridine rings is 1. The van der Waals surface area contributed by atoms with Gasteiger partial charge in [-0.3, -0.25) is 0 Å². The van der Waals surface area contributed by atoms with Gasteiger partial charge in [0.15, 0.2) is 0 Å². The van der Waals surface area contributed by atoms with Crippen LogP contribution in [0.2, 0.25) is 0 Å². The molecule has 1 atom stereocenters. The van der Waals surface area contributed by atoms with Crippen molar-refractivity contribution in [1.29, 1.82) is 0 Å². The van der Waals surface area contributed by atoms with Crippen LogP contribution in [-0.2, 0) is 0 Å². The minimum atomic E-state index is 0.422. The number of fused-ring (bicyclic) bond motifs is 1. The quantitative estimate of drug-likeness (QED) is 0.589. The van der Waals surface area contributed by atoms with E-state index >= 15 is 0 Å². The van der Waals surface area contributed by atoms with Crippen molar-refractivity contribution in [2.24, 2.45) is 11.7 Å². The molecule has 122 valence electrons.